The molecule has 1 aliphatic heterocycles. The first-order chi connectivity index (χ1) is 8.84. The van der Waals surface area contributed by atoms with Gasteiger partial charge in [0.15, 0.2) is 0 Å². The van der Waals surface area contributed by atoms with Crippen molar-refractivity contribution in [1.29, 1.82) is 0 Å². The molecular weight excluding hydrogens is 274 g/mol. The van der Waals surface area contributed by atoms with Crippen LogP contribution in [0.3, 0.4) is 0 Å². The Morgan fingerprint density at radius 1 is 1.21 bits per heavy atom. The van der Waals surface area contributed by atoms with Gasteiger partial charge in [-0.15, -0.1) is 23.7 Å². The number of nitrogens with zero attached hydrogens (tertiary/aromatic N) is 1. The zero-order valence-electron chi connectivity index (χ0n) is 10.7. The van der Waals surface area contributed by atoms with Crippen LogP contribution in [0.25, 0.3) is 11.1 Å². The van der Waals surface area contributed by atoms with E-state index in [9.17, 15) is 0 Å². The minimum atomic E-state index is 0. The van der Waals surface area contributed by atoms with Gasteiger partial charge < -0.3 is 0 Å². The summed E-state index contributed by atoms with van der Waals surface area (Å²) in [4.78, 5) is 7.00. The molecule has 1 unspecified atom stereocenters. The largest absolute Gasteiger partial charge is 0.269 e. The highest BCUT2D eigenvalue weighted by atomic mass is 35.5. The fraction of sp³-hybridized carbons (Fsp3) is 0.188. The average molecular weight is 290 g/mol. The molecule has 19 heavy (non-hydrogen) atoms. The van der Waals surface area contributed by atoms with Gasteiger partial charge in [0.1, 0.15) is 0 Å². The summed E-state index contributed by atoms with van der Waals surface area (Å²) in [5.74, 6) is 0.483. The number of hydrogen-bond acceptors (Lipinski definition) is 2. The van der Waals surface area contributed by atoms with Crippen LogP contribution < -0.4 is 0 Å². The van der Waals surface area contributed by atoms with E-state index in [1.165, 1.54) is 20.9 Å². The zero-order chi connectivity index (χ0) is 12.4. The first-order valence-corrected chi connectivity index (χ1v) is 7.00. The third-order valence-electron chi connectivity index (χ3n) is 3.17. The molecule has 98 valence electrons. The molecular formula is C16H16ClNS. The molecule has 0 saturated heterocycles. The second kappa shape index (κ2) is 6.18. The first kappa shape index (κ1) is 14.0. The predicted octanol–water partition coefficient (Wildman–Crippen LogP) is 5.22. The summed E-state index contributed by atoms with van der Waals surface area (Å²) in [6.07, 6.45) is 7.14. The van der Waals surface area contributed by atoms with Gasteiger partial charge in [-0.05, 0) is 30.5 Å². The Bertz CT molecular complexity index is 598. The minimum absolute atomic E-state index is 0. The highest BCUT2D eigenvalue weighted by Gasteiger charge is 2.17. The Balaban J connectivity index is 0.00000133. The summed E-state index contributed by atoms with van der Waals surface area (Å²) >= 11 is 1.90. The Hall–Kier alpha value is -1.38. The lowest BCUT2D eigenvalue weighted by Gasteiger charge is -2.13. The lowest BCUT2D eigenvalue weighted by molar-refractivity contribution is 0.911. The number of hydrogen-bond donors (Lipinski definition) is 0. The molecule has 0 radical (unpaired) electrons. The molecule has 3 rings (SSSR count). The van der Waals surface area contributed by atoms with Crippen molar-refractivity contribution in [2.45, 2.75) is 19.3 Å². The van der Waals surface area contributed by atoms with Gasteiger partial charge in [0, 0.05) is 28.1 Å². The molecule has 0 amide bonds. The van der Waals surface area contributed by atoms with Crippen molar-refractivity contribution in [3.8, 4) is 11.1 Å². The number of benzene rings is 1. The molecule has 1 nitrogen and oxygen atoms in total. The van der Waals surface area contributed by atoms with Crippen LogP contribution in [-0.4, -0.2) is 6.21 Å². The lowest BCUT2D eigenvalue weighted by Crippen LogP contribution is -1.98. The Morgan fingerprint density at radius 3 is 2.68 bits per heavy atom. The van der Waals surface area contributed by atoms with Crippen molar-refractivity contribution in [2.75, 3.05) is 0 Å². The lowest BCUT2D eigenvalue weighted by atomic mass is 9.96. The van der Waals surface area contributed by atoms with Crippen LogP contribution in [-0.2, 0) is 0 Å². The van der Waals surface area contributed by atoms with Crippen molar-refractivity contribution in [3.05, 3.63) is 58.4 Å². The van der Waals surface area contributed by atoms with E-state index in [0.717, 1.165) is 6.42 Å². The molecule has 1 aromatic carbocycles. The van der Waals surface area contributed by atoms with Gasteiger partial charge >= 0.3 is 0 Å². The number of allylic oxidation sites excluding steroid dienone is 1. The van der Waals surface area contributed by atoms with Crippen LogP contribution in [0.15, 0.2) is 53.7 Å². The van der Waals surface area contributed by atoms with Crippen molar-refractivity contribution in [2.24, 2.45) is 4.99 Å². The maximum absolute atomic E-state index is 4.16. The normalized spacial score (nSPS) is 17.2. The Labute approximate surface area is 124 Å². The third kappa shape index (κ3) is 2.96. The second-order valence-electron chi connectivity index (χ2n) is 4.52. The van der Waals surface area contributed by atoms with E-state index in [1.54, 1.807) is 0 Å². The fourth-order valence-electron chi connectivity index (χ4n) is 2.31. The molecule has 2 aromatic rings. The molecule has 1 atom stereocenters. The summed E-state index contributed by atoms with van der Waals surface area (Å²) in [5.41, 5.74) is 2.69. The molecule has 2 heterocycles. The summed E-state index contributed by atoms with van der Waals surface area (Å²) in [7, 11) is 0. The highest BCUT2D eigenvalue weighted by molar-refractivity contribution is 7.12. The standard InChI is InChI=1S/C16H15NS.ClH/c1-12-11-15(13-5-3-2-4-6-13)16(18-12)14-7-9-17-10-8-14;/h2-7,9-11,14H,8H2,1H3;1H. The van der Waals surface area contributed by atoms with Crippen LogP contribution in [0.5, 0.6) is 0 Å². The van der Waals surface area contributed by atoms with Gasteiger partial charge in [-0.1, -0.05) is 36.4 Å². The number of aliphatic imine (C=N–C) groups is 1. The monoisotopic (exact) mass is 289 g/mol. The summed E-state index contributed by atoms with van der Waals surface area (Å²) < 4.78 is 0. The van der Waals surface area contributed by atoms with Gasteiger partial charge in [-0.25, -0.2) is 0 Å². The van der Waals surface area contributed by atoms with E-state index < -0.39 is 0 Å². The van der Waals surface area contributed by atoms with Crippen LogP contribution in [0.4, 0.5) is 0 Å². The van der Waals surface area contributed by atoms with Crippen molar-refractivity contribution in [3.63, 3.8) is 0 Å². The number of thiophene rings is 1. The van der Waals surface area contributed by atoms with Crippen molar-refractivity contribution >= 4 is 30.0 Å². The molecule has 0 fully saturated rings. The minimum Gasteiger partial charge on any atom is -0.269 e. The second-order valence-corrected chi connectivity index (χ2v) is 5.80. The summed E-state index contributed by atoms with van der Waals surface area (Å²) in [5, 5.41) is 0. The van der Waals surface area contributed by atoms with E-state index in [4.69, 9.17) is 0 Å². The fourth-order valence-corrected chi connectivity index (χ4v) is 3.45. The SMILES string of the molecule is Cc1cc(-c2ccccc2)c(C2C=CN=CC2)s1.Cl. The van der Waals surface area contributed by atoms with E-state index >= 15 is 0 Å². The topological polar surface area (TPSA) is 12.4 Å². The van der Waals surface area contributed by atoms with E-state index in [0.29, 0.717) is 5.92 Å². The highest BCUT2D eigenvalue weighted by Crippen LogP contribution is 2.38. The van der Waals surface area contributed by atoms with E-state index in [2.05, 4.69) is 54.4 Å². The molecule has 1 aliphatic rings. The average Bonchev–Trinajstić information content (AvgIpc) is 2.83. The van der Waals surface area contributed by atoms with Gasteiger partial charge in [0.25, 0.3) is 0 Å². The number of rotatable bonds is 2. The Kier molecular flexibility index (Phi) is 4.56. The molecule has 3 heteroatoms. The summed E-state index contributed by atoms with van der Waals surface area (Å²) in [6.45, 7) is 2.18. The van der Waals surface area contributed by atoms with E-state index in [-0.39, 0.29) is 12.4 Å². The van der Waals surface area contributed by atoms with Gasteiger partial charge in [0.05, 0.1) is 0 Å². The maximum atomic E-state index is 4.16. The quantitative estimate of drug-likeness (QED) is 0.719. The van der Waals surface area contributed by atoms with E-state index in [1.807, 2.05) is 23.8 Å². The van der Waals surface area contributed by atoms with Gasteiger partial charge in [-0.2, -0.15) is 0 Å². The Morgan fingerprint density at radius 2 is 2.00 bits per heavy atom. The van der Waals surface area contributed by atoms with Crippen LogP contribution in [0, 0.1) is 6.92 Å². The molecule has 0 saturated carbocycles. The third-order valence-corrected chi connectivity index (χ3v) is 4.36. The maximum Gasteiger partial charge on any atom is 0.0230 e. The predicted molar refractivity (Wildman–Crippen MR) is 86.7 cm³/mol. The molecule has 0 aliphatic carbocycles. The smallest absolute Gasteiger partial charge is 0.0230 e. The van der Waals surface area contributed by atoms with Gasteiger partial charge in [0.2, 0.25) is 0 Å². The van der Waals surface area contributed by atoms with Gasteiger partial charge in [-0.3, -0.25) is 4.99 Å². The number of halogens is 1. The summed E-state index contributed by atoms with van der Waals surface area (Å²) in [6, 6.07) is 12.9. The zero-order valence-corrected chi connectivity index (χ0v) is 12.4. The van der Waals surface area contributed by atoms with Crippen LogP contribution in [0.2, 0.25) is 0 Å². The molecule has 0 bridgehead atoms. The molecule has 0 N–H and O–H groups in total. The van der Waals surface area contributed by atoms with Crippen molar-refractivity contribution in [1.82, 2.24) is 0 Å². The molecule has 0 spiro atoms. The first-order valence-electron chi connectivity index (χ1n) is 6.18. The number of aryl methyl sites for hydroxylation is 1. The van der Waals surface area contributed by atoms with Crippen molar-refractivity contribution < 1.29 is 0 Å². The molecule has 1 aromatic heterocycles. The van der Waals surface area contributed by atoms with Crippen LogP contribution in [0.1, 0.15) is 22.1 Å². The van der Waals surface area contributed by atoms with Crippen LogP contribution >= 0.6 is 23.7 Å².